The highest BCUT2D eigenvalue weighted by Gasteiger charge is 2.39. The Balaban J connectivity index is 0.000000192. The van der Waals surface area contributed by atoms with Crippen molar-refractivity contribution in [2.75, 3.05) is 56.0 Å². The molecule has 0 radical (unpaired) electrons. The van der Waals surface area contributed by atoms with E-state index in [0.717, 1.165) is 25.1 Å². The molecule has 2 amide bonds. The lowest BCUT2D eigenvalue weighted by Gasteiger charge is -2.35. The highest BCUT2D eigenvalue weighted by molar-refractivity contribution is 7.93. The second kappa shape index (κ2) is 18.2. The van der Waals surface area contributed by atoms with Gasteiger partial charge in [0.25, 0.3) is 26.0 Å². The van der Waals surface area contributed by atoms with Gasteiger partial charge >= 0.3 is 0 Å². The topological polar surface area (TPSA) is 165 Å². The van der Waals surface area contributed by atoms with Gasteiger partial charge in [0.15, 0.2) is 10.3 Å². The van der Waals surface area contributed by atoms with Gasteiger partial charge in [-0.25, -0.2) is 35.4 Å². The van der Waals surface area contributed by atoms with Crippen molar-refractivity contribution in [2.45, 2.75) is 47.6 Å². The molecule has 0 saturated carbocycles. The fraction of sp³-hybridized carbons (Fsp3) is 0.268. The smallest absolute Gasteiger partial charge is 0.266 e. The maximum atomic E-state index is 13.4. The molecule has 2 atom stereocenters. The summed E-state index contributed by atoms with van der Waals surface area (Å²) in [6.45, 7) is 9.31. The zero-order valence-corrected chi connectivity index (χ0v) is 36.3. The molecule has 2 aromatic heterocycles. The van der Waals surface area contributed by atoms with Crippen molar-refractivity contribution < 1.29 is 31.5 Å². The van der Waals surface area contributed by atoms with Crippen LogP contribution in [0.1, 0.15) is 24.8 Å². The largest absolute Gasteiger partial charge is 0.383 e. The predicted octanol–water partition coefficient (Wildman–Crippen LogP) is 6.36. The summed E-state index contributed by atoms with van der Waals surface area (Å²) in [5, 5.41) is 14.4. The van der Waals surface area contributed by atoms with Crippen LogP contribution in [0, 0.1) is 0 Å². The third-order valence-electron chi connectivity index (χ3n) is 10.3. The van der Waals surface area contributed by atoms with Crippen LogP contribution in [0.5, 0.6) is 0 Å². The van der Waals surface area contributed by atoms with Crippen LogP contribution >= 0.6 is 34.3 Å². The van der Waals surface area contributed by atoms with E-state index in [9.17, 15) is 31.5 Å². The molecule has 0 aliphatic carbocycles. The van der Waals surface area contributed by atoms with Crippen molar-refractivity contribution in [3.8, 4) is 0 Å². The normalized spacial score (nSPS) is 17.9. The summed E-state index contributed by atoms with van der Waals surface area (Å²) in [4.78, 5) is 39.1. The number of aliphatic hydroxyl groups excluding tert-OH is 1. The lowest BCUT2D eigenvalue weighted by molar-refractivity contribution is -0.124. The van der Waals surface area contributed by atoms with E-state index in [1.165, 1.54) is 66.0 Å². The number of nitrogens with zero attached hydrogens (tertiary/aromatic N) is 7. The van der Waals surface area contributed by atoms with E-state index in [0.29, 0.717) is 52.6 Å². The third-order valence-corrected chi connectivity index (χ3v) is 15.9. The number of thiazole rings is 2. The SMILES string of the molecule is C=CCN(c1nccs1)S(=O)(=O)c1ccc(N2CC[C@@H](O)C2=O)cc1.C=CCN(c1nccs1)S(=O)(=O)c1ccc(N2CC[C@H](N3CCCc4cc(Cl)ccc43)C2=O)cc1. The number of carbonyl (C=O) groups is 2. The first-order chi connectivity index (χ1) is 28.8. The standard InChI is InChI=1S/C25H25ClN4O3S2.C16H17N3O4S2/c1-2-13-30(25-27-12-16-34-25)35(32,33)21-8-6-20(7-9-21)28-15-11-23(24(28)31)29-14-3-4-18-17-19(26)5-10-22(18)29;1-2-9-19(16-17-8-11-24-16)25(22,23)13-5-3-12(4-6-13)18-10-7-14(20)15(18)21/h2,5-10,12,16-17,23H,1,3-4,11,13-15H2;2-6,8,11,14,20H,1,7,9-10H2/t23-;14-/m01/s1. The van der Waals surface area contributed by atoms with E-state index in [1.54, 1.807) is 64.5 Å². The molecule has 314 valence electrons. The van der Waals surface area contributed by atoms with Gasteiger partial charge in [-0.1, -0.05) is 23.8 Å². The highest BCUT2D eigenvalue weighted by Crippen LogP contribution is 2.36. The number of aromatic nitrogens is 2. The van der Waals surface area contributed by atoms with E-state index in [4.69, 9.17) is 11.6 Å². The molecule has 2 fully saturated rings. The average Bonchev–Trinajstić information content (AvgIpc) is 4.09. The molecule has 60 heavy (non-hydrogen) atoms. The molecule has 3 aliphatic rings. The second-order valence-electron chi connectivity index (χ2n) is 13.9. The van der Waals surface area contributed by atoms with Gasteiger partial charge < -0.3 is 19.8 Å². The fourth-order valence-electron chi connectivity index (χ4n) is 7.37. The number of benzene rings is 3. The number of aliphatic hydroxyl groups is 1. The molecular formula is C41H42ClN7O7S4. The van der Waals surface area contributed by atoms with E-state index < -0.39 is 26.2 Å². The minimum atomic E-state index is -3.82. The minimum Gasteiger partial charge on any atom is -0.383 e. The number of carbonyl (C=O) groups excluding carboxylic acids is 2. The number of anilines is 5. The zero-order chi connectivity index (χ0) is 42.6. The Bertz CT molecular complexity index is 2560. The number of fused-ring (bicyclic) bond motifs is 1. The Morgan fingerprint density at radius 1 is 0.750 bits per heavy atom. The summed E-state index contributed by atoms with van der Waals surface area (Å²) in [5.74, 6) is -0.342. The average molecular weight is 909 g/mol. The van der Waals surface area contributed by atoms with Crippen LogP contribution < -0.4 is 23.3 Å². The Morgan fingerprint density at radius 2 is 1.27 bits per heavy atom. The van der Waals surface area contributed by atoms with Gasteiger partial charge in [-0.3, -0.25) is 9.59 Å². The summed E-state index contributed by atoms with van der Waals surface area (Å²) in [6, 6.07) is 18.1. The van der Waals surface area contributed by atoms with E-state index in [2.05, 4.69) is 28.0 Å². The number of amides is 2. The highest BCUT2D eigenvalue weighted by atomic mass is 35.5. The number of rotatable bonds is 13. The maximum Gasteiger partial charge on any atom is 0.266 e. The Morgan fingerprint density at radius 3 is 1.73 bits per heavy atom. The van der Waals surface area contributed by atoms with Crippen LogP contribution in [0.3, 0.4) is 0 Å². The van der Waals surface area contributed by atoms with Crippen molar-refractivity contribution >= 4 is 93.5 Å². The van der Waals surface area contributed by atoms with E-state index in [1.807, 2.05) is 18.2 Å². The van der Waals surface area contributed by atoms with Crippen molar-refractivity contribution in [3.05, 3.63) is 126 Å². The first-order valence-corrected chi connectivity index (χ1v) is 24.0. The molecular weight excluding hydrogens is 866 g/mol. The molecule has 5 aromatic rings. The molecule has 2 saturated heterocycles. The molecule has 8 rings (SSSR count). The van der Waals surface area contributed by atoms with Crippen LogP contribution in [0.15, 0.2) is 125 Å². The van der Waals surface area contributed by atoms with Gasteiger partial charge in [-0.2, -0.15) is 0 Å². The molecule has 0 spiro atoms. The molecule has 0 unspecified atom stereocenters. The van der Waals surface area contributed by atoms with Crippen LogP contribution in [-0.4, -0.2) is 88.6 Å². The van der Waals surface area contributed by atoms with Crippen molar-refractivity contribution in [1.82, 2.24) is 9.97 Å². The number of halogens is 1. The molecule has 14 nitrogen and oxygen atoms in total. The summed E-state index contributed by atoms with van der Waals surface area (Å²) >= 11 is 8.65. The second-order valence-corrected chi connectivity index (χ2v) is 19.8. The van der Waals surface area contributed by atoms with Crippen molar-refractivity contribution in [3.63, 3.8) is 0 Å². The van der Waals surface area contributed by atoms with Crippen molar-refractivity contribution in [1.29, 1.82) is 0 Å². The molecule has 3 aliphatic heterocycles. The summed E-state index contributed by atoms with van der Waals surface area (Å²) in [5.41, 5.74) is 3.50. The molecule has 5 heterocycles. The quantitative estimate of drug-likeness (QED) is 0.132. The maximum absolute atomic E-state index is 13.4. The summed E-state index contributed by atoms with van der Waals surface area (Å²) < 4.78 is 54.7. The van der Waals surface area contributed by atoms with Crippen molar-refractivity contribution in [2.24, 2.45) is 0 Å². The van der Waals surface area contributed by atoms with Gasteiger partial charge in [0.1, 0.15) is 12.1 Å². The van der Waals surface area contributed by atoms with Gasteiger partial charge in [0, 0.05) is 71.3 Å². The first-order valence-electron chi connectivity index (χ1n) is 19.0. The minimum absolute atomic E-state index is 0.0273. The lowest BCUT2D eigenvalue weighted by Crippen LogP contribution is -2.44. The van der Waals surface area contributed by atoms with Crippen LogP contribution in [0.25, 0.3) is 0 Å². The monoisotopic (exact) mass is 907 g/mol. The zero-order valence-electron chi connectivity index (χ0n) is 32.3. The molecule has 19 heteroatoms. The summed E-state index contributed by atoms with van der Waals surface area (Å²) in [6.07, 6.45) is 8.16. The lowest BCUT2D eigenvalue weighted by atomic mass is 9.99. The van der Waals surface area contributed by atoms with Crippen LogP contribution in [-0.2, 0) is 36.1 Å². The van der Waals surface area contributed by atoms with E-state index >= 15 is 0 Å². The Hall–Kier alpha value is -5.11. The van der Waals surface area contributed by atoms with Gasteiger partial charge in [0.05, 0.1) is 22.9 Å². The summed E-state index contributed by atoms with van der Waals surface area (Å²) in [7, 11) is -7.61. The first kappa shape index (κ1) is 43.0. The number of hydrogen-bond acceptors (Lipinski definition) is 12. The number of hydrogen-bond donors (Lipinski definition) is 1. The van der Waals surface area contributed by atoms with Gasteiger partial charge in [0.2, 0.25) is 5.91 Å². The van der Waals surface area contributed by atoms with E-state index in [-0.39, 0.29) is 40.7 Å². The van der Waals surface area contributed by atoms with Crippen LogP contribution in [0.4, 0.5) is 27.3 Å². The Kier molecular flexibility index (Phi) is 13.1. The predicted molar refractivity (Wildman–Crippen MR) is 237 cm³/mol. The molecule has 3 aromatic carbocycles. The Labute approximate surface area is 362 Å². The van der Waals surface area contributed by atoms with Gasteiger partial charge in [-0.05, 0) is 91.6 Å². The molecule has 0 bridgehead atoms. The van der Waals surface area contributed by atoms with Gasteiger partial charge in [-0.15, -0.1) is 35.8 Å². The third kappa shape index (κ3) is 8.71. The number of sulfonamides is 2. The van der Waals surface area contributed by atoms with Crippen LogP contribution in [0.2, 0.25) is 5.02 Å². The fourth-order valence-corrected chi connectivity index (χ4v) is 12.1. The molecule has 1 N–H and O–H groups in total. The number of aryl methyl sites for hydroxylation is 1.